The van der Waals surface area contributed by atoms with Crippen molar-refractivity contribution >= 4 is 33.6 Å². The SMILES string of the molecule is N#Cc1cc(Br)ccc1NC(=O)N[C@H](CO)C(=O)O. The lowest BCUT2D eigenvalue weighted by molar-refractivity contribution is -0.140. The second kappa shape index (κ2) is 6.72. The van der Waals surface area contributed by atoms with Crippen LogP contribution >= 0.6 is 15.9 Å². The Bertz CT molecular complexity index is 541. The number of nitrogens with one attached hydrogen (secondary N) is 2. The molecule has 0 saturated carbocycles. The summed E-state index contributed by atoms with van der Waals surface area (Å²) in [5.41, 5.74) is 0.464. The summed E-state index contributed by atoms with van der Waals surface area (Å²) in [6.07, 6.45) is 0. The summed E-state index contributed by atoms with van der Waals surface area (Å²) in [7, 11) is 0. The number of amides is 2. The van der Waals surface area contributed by atoms with Gasteiger partial charge in [0.25, 0.3) is 0 Å². The largest absolute Gasteiger partial charge is 0.480 e. The molecule has 0 radical (unpaired) electrons. The van der Waals surface area contributed by atoms with Gasteiger partial charge in [0, 0.05) is 4.47 Å². The zero-order chi connectivity index (χ0) is 14.4. The Labute approximate surface area is 117 Å². The second-order valence-electron chi connectivity index (χ2n) is 3.47. The normalized spacial score (nSPS) is 11.2. The standard InChI is InChI=1S/C11H10BrN3O4/c12-7-1-2-8(6(3-7)4-13)14-11(19)15-9(5-16)10(17)18/h1-3,9,16H,5H2,(H,17,18)(H2,14,15,19)/t9-/m1/s1. The first-order valence-corrected chi connectivity index (χ1v) is 5.88. The molecule has 19 heavy (non-hydrogen) atoms. The first-order chi connectivity index (χ1) is 8.97. The molecule has 0 aromatic heterocycles. The molecule has 1 aromatic rings. The lowest BCUT2D eigenvalue weighted by atomic mass is 10.2. The molecule has 0 spiro atoms. The van der Waals surface area contributed by atoms with Gasteiger partial charge in [0.05, 0.1) is 17.9 Å². The van der Waals surface area contributed by atoms with Gasteiger partial charge >= 0.3 is 12.0 Å². The van der Waals surface area contributed by atoms with Crippen LogP contribution in [0.5, 0.6) is 0 Å². The van der Waals surface area contributed by atoms with Gasteiger partial charge in [0.15, 0.2) is 6.04 Å². The fourth-order valence-electron chi connectivity index (χ4n) is 1.22. The third-order valence-electron chi connectivity index (χ3n) is 2.14. The molecule has 0 bridgehead atoms. The summed E-state index contributed by atoms with van der Waals surface area (Å²) in [4.78, 5) is 22.1. The molecular weight excluding hydrogens is 318 g/mol. The van der Waals surface area contributed by atoms with Gasteiger partial charge in [0.2, 0.25) is 0 Å². The molecule has 0 saturated heterocycles. The number of carbonyl (C=O) groups excluding carboxylic acids is 1. The summed E-state index contributed by atoms with van der Waals surface area (Å²) >= 11 is 3.18. The summed E-state index contributed by atoms with van der Waals surface area (Å²) < 4.78 is 0.675. The molecule has 8 heteroatoms. The maximum atomic E-state index is 11.5. The van der Waals surface area contributed by atoms with E-state index < -0.39 is 24.6 Å². The number of hydrogen-bond acceptors (Lipinski definition) is 4. The van der Waals surface area contributed by atoms with E-state index in [9.17, 15) is 9.59 Å². The van der Waals surface area contributed by atoms with Crippen LogP contribution in [0.15, 0.2) is 22.7 Å². The molecule has 100 valence electrons. The lowest BCUT2D eigenvalue weighted by Crippen LogP contribution is -2.45. The smallest absolute Gasteiger partial charge is 0.328 e. The Morgan fingerprint density at radius 2 is 2.16 bits per heavy atom. The average Bonchev–Trinajstić information content (AvgIpc) is 2.37. The third kappa shape index (κ3) is 4.24. The average molecular weight is 328 g/mol. The monoisotopic (exact) mass is 327 g/mol. The van der Waals surface area contributed by atoms with Crippen molar-refractivity contribution in [3.05, 3.63) is 28.2 Å². The molecule has 0 fully saturated rings. The number of aliphatic carboxylic acids is 1. The third-order valence-corrected chi connectivity index (χ3v) is 2.63. The van der Waals surface area contributed by atoms with Gasteiger partial charge in [-0.3, -0.25) is 0 Å². The fourth-order valence-corrected chi connectivity index (χ4v) is 1.58. The van der Waals surface area contributed by atoms with Crippen LogP contribution in [0, 0.1) is 11.3 Å². The van der Waals surface area contributed by atoms with Crippen LogP contribution in [0.4, 0.5) is 10.5 Å². The summed E-state index contributed by atoms with van der Waals surface area (Å²) in [5, 5.41) is 30.7. The number of urea groups is 1. The van der Waals surface area contributed by atoms with E-state index in [1.165, 1.54) is 12.1 Å². The highest BCUT2D eigenvalue weighted by Crippen LogP contribution is 2.20. The van der Waals surface area contributed by atoms with Crippen LogP contribution in [0.3, 0.4) is 0 Å². The Hall–Kier alpha value is -2.11. The zero-order valence-electron chi connectivity index (χ0n) is 9.55. The molecule has 1 aromatic carbocycles. The number of carbonyl (C=O) groups is 2. The van der Waals surface area contributed by atoms with E-state index in [0.717, 1.165) is 0 Å². The molecule has 4 N–H and O–H groups in total. The number of nitriles is 1. The molecule has 0 heterocycles. The van der Waals surface area contributed by atoms with Crippen LogP contribution in [-0.2, 0) is 4.79 Å². The number of aliphatic hydroxyl groups is 1. The van der Waals surface area contributed by atoms with Crippen molar-refractivity contribution in [2.75, 3.05) is 11.9 Å². The van der Waals surface area contributed by atoms with E-state index >= 15 is 0 Å². The highest BCUT2D eigenvalue weighted by Gasteiger charge is 2.19. The van der Waals surface area contributed by atoms with E-state index in [1.54, 1.807) is 6.07 Å². The van der Waals surface area contributed by atoms with Crippen LogP contribution in [0.2, 0.25) is 0 Å². The minimum Gasteiger partial charge on any atom is -0.480 e. The van der Waals surface area contributed by atoms with Crippen molar-refractivity contribution in [1.82, 2.24) is 5.32 Å². The van der Waals surface area contributed by atoms with Crippen LogP contribution < -0.4 is 10.6 Å². The number of nitrogens with zero attached hydrogens (tertiary/aromatic N) is 1. The van der Waals surface area contributed by atoms with Gasteiger partial charge in [0.1, 0.15) is 6.07 Å². The van der Waals surface area contributed by atoms with Gasteiger partial charge < -0.3 is 20.8 Å². The molecule has 0 aliphatic rings. The first-order valence-electron chi connectivity index (χ1n) is 5.08. The fraction of sp³-hybridized carbons (Fsp3) is 0.182. The number of carboxylic acids is 1. The van der Waals surface area contributed by atoms with Gasteiger partial charge in [-0.05, 0) is 18.2 Å². The highest BCUT2D eigenvalue weighted by molar-refractivity contribution is 9.10. The zero-order valence-corrected chi connectivity index (χ0v) is 11.1. The quantitative estimate of drug-likeness (QED) is 0.654. The van der Waals surface area contributed by atoms with Crippen molar-refractivity contribution in [2.45, 2.75) is 6.04 Å². The Balaban J connectivity index is 2.78. The number of rotatable bonds is 4. The van der Waals surface area contributed by atoms with Crippen molar-refractivity contribution in [3.8, 4) is 6.07 Å². The van der Waals surface area contributed by atoms with Crippen LogP contribution in [0.1, 0.15) is 5.56 Å². The predicted molar refractivity (Wildman–Crippen MR) is 69.5 cm³/mol. The molecule has 7 nitrogen and oxygen atoms in total. The van der Waals surface area contributed by atoms with Gasteiger partial charge in [-0.25, -0.2) is 9.59 Å². The van der Waals surface area contributed by atoms with E-state index in [2.05, 4.69) is 26.6 Å². The number of aliphatic hydroxyl groups excluding tert-OH is 1. The molecule has 1 rings (SSSR count). The number of halogens is 1. The predicted octanol–water partition coefficient (Wildman–Crippen LogP) is 0.888. The second-order valence-corrected chi connectivity index (χ2v) is 4.39. The van der Waals surface area contributed by atoms with Crippen molar-refractivity contribution in [1.29, 1.82) is 5.26 Å². The summed E-state index contributed by atoms with van der Waals surface area (Å²) in [5.74, 6) is -1.35. The molecule has 0 unspecified atom stereocenters. The molecule has 1 atom stereocenters. The van der Waals surface area contributed by atoms with E-state index in [-0.39, 0.29) is 11.3 Å². The Morgan fingerprint density at radius 3 is 2.68 bits per heavy atom. The van der Waals surface area contributed by atoms with E-state index in [0.29, 0.717) is 4.47 Å². The van der Waals surface area contributed by atoms with E-state index in [4.69, 9.17) is 15.5 Å². The molecule has 0 aliphatic carbocycles. The topological polar surface area (TPSA) is 122 Å². The van der Waals surface area contributed by atoms with Gasteiger partial charge in [-0.2, -0.15) is 5.26 Å². The van der Waals surface area contributed by atoms with Gasteiger partial charge in [-0.1, -0.05) is 15.9 Å². The Morgan fingerprint density at radius 1 is 1.47 bits per heavy atom. The van der Waals surface area contributed by atoms with Crippen molar-refractivity contribution in [3.63, 3.8) is 0 Å². The maximum Gasteiger partial charge on any atom is 0.328 e. The maximum absolute atomic E-state index is 11.5. The van der Waals surface area contributed by atoms with Crippen molar-refractivity contribution in [2.24, 2.45) is 0 Å². The van der Waals surface area contributed by atoms with E-state index in [1.807, 2.05) is 6.07 Å². The summed E-state index contributed by atoms with van der Waals surface area (Å²) in [6, 6.07) is 4.30. The minimum atomic E-state index is -1.40. The number of anilines is 1. The van der Waals surface area contributed by atoms with Crippen molar-refractivity contribution < 1.29 is 19.8 Å². The molecule has 0 aliphatic heterocycles. The highest BCUT2D eigenvalue weighted by atomic mass is 79.9. The number of carboxylic acid groups (broad SMARTS) is 1. The lowest BCUT2D eigenvalue weighted by Gasteiger charge is -2.13. The minimum absolute atomic E-state index is 0.223. The number of benzene rings is 1. The summed E-state index contributed by atoms with van der Waals surface area (Å²) in [6.45, 7) is -0.728. The first kappa shape index (κ1) is 14.9. The van der Waals surface area contributed by atoms with Gasteiger partial charge in [-0.15, -0.1) is 0 Å². The molecule has 2 amide bonds. The van der Waals surface area contributed by atoms with Crippen LogP contribution in [0.25, 0.3) is 0 Å². The number of hydrogen-bond donors (Lipinski definition) is 4. The van der Waals surface area contributed by atoms with Crippen LogP contribution in [-0.4, -0.2) is 34.9 Å². The molecular formula is C11H10BrN3O4. The Kier molecular flexibility index (Phi) is 5.29.